The number of aromatic nitrogens is 1. The maximum atomic E-state index is 5.32. The Labute approximate surface area is 74.2 Å². The van der Waals surface area contributed by atoms with Crippen LogP contribution in [0.2, 0.25) is 0 Å². The number of pyridine rings is 1. The monoisotopic (exact) mass is 179 g/mol. The molecule has 2 aromatic rings. The van der Waals surface area contributed by atoms with Crippen molar-refractivity contribution < 1.29 is 0 Å². The summed E-state index contributed by atoms with van der Waals surface area (Å²) in [5, 5.41) is 3.14. The van der Waals surface area contributed by atoms with Crippen LogP contribution in [0.25, 0.3) is 10.1 Å². The van der Waals surface area contributed by atoms with Gasteiger partial charge in [-0.15, -0.1) is 11.3 Å². The minimum Gasteiger partial charge on any atom is -0.308 e. The Morgan fingerprint density at radius 3 is 3.17 bits per heavy atom. The first-order chi connectivity index (χ1) is 5.83. The van der Waals surface area contributed by atoms with E-state index in [0.29, 0.717) is 0 Å². The van der Waals surface area contributed by atoms with E-state index in [9.17, 15) is 0 Å². The molecule has 2 aromatic heterocycles. The first-order valence-corrected chi connectivity index (χ1v) is 4.50. The van der Waals surface area contributed by atoms with Gasteiger partial charge in [0.05, 0.1) is 0 Å². The van der Waals surface area contributed by atoms with Crippen molar-refractivity contribution in [3.63, 3.8) is 0 Å². The Kier molecular flexibility index (Phi) is 1.71. The molecule has 12 heavy (non-hydrogen) atoms. The summed E-state index contributed by atoms with van der Waals surface area (Å²) in [4.78, 5) is 4.17. The number of nitrogens with two attached hydrogens (primary N) is 1. The number of anilines is 1. The molecule has 2 heterocycles. The van der Waals surface area contributed by atoms with Crippen LogP contribution in [0.15, 0.2) is 17.6 Å². The van der Waals surface area contributed by atoms with E-state index in [0.717, 1.165) is 11.2 Å². The summed E-state index contributed by atoms with van der Waals surface area (Å²) in [7, 11) is 0. The van der Waals surface area contributed by atoms with E-state index in [2.05, 4.69) is 10.4 Å². The standard InChI is InChI=1S/C8H9N3S/c1-5-4-10-8(11-9)6-2-3-12-7(5)6/h2-4H,9H2,1H3,(H,10,11). The Hall–Kier alpha value is -1.13. The Morgan fingerprint density at radius 2 is 2.42 bits per heavy atom. The summed E-state index contributed by atoms with van der Waals surface area (Å²) < 4.78 is 1.25. The topological polar surface area (TPSA) is 50.9 Å². The largest absolute Gasteiger partial charge is 0.308 e. The quantitative estimate of drug-likeness (QED) is 0.519. The van der Waals surface area contributed by atoms with E-state index in [1.54, 1.807) is 11.3 Å². The van der Waals surface area contributed by atoms with E-state index in [4.69, 9.17) is 5.84 Å². The van der Waals surface area contributed by atoms with Crippen LogP contribution in [0, 0.1) is 6.92 Å². The third kappa shape index (κ3) is 0.964. The van der Waals surface area contributed by atoms with Crippen molar-refractivity contribution in [1.29, 1.82) is 0 Å². The smallest absolute Gasteiger partial charge is 0.148 e. The number of thiophene rings is 1. The van der Waals surface area contributed by atoms with Crippen LogP contribution in [-0.4, -0.2) is 4.98 Å². The van der Waals surface area contributed by atoms with Gasteiger partial charge in [0.1, 0.15) is 5.82 Å². The number of nitrogens with zero attached hydrogens (tertiary/aromatic N) is 1. The summed E-state index contributed by atoms with van der Waals surface area (Å²) in [6.45, 7) is 2.05. The van der Waals surface area contributed by atoms with Crippen LogP contribution in [0.4, 0.5) is 5.82 Å². The fraction of sp³-hybridized carbons (Fsp3) is 0.125. The molecule has 0 aliphatic rings. The molecule has 3 N–H and O–H groups in total. The van der Waals surface area contributed by atoms with Gasteiger partial charge in [-0.05, 0) is 23.9 Å². The van der Waals surface area contributed by atoms with Crippen molar-refractivity contribution in [3.8, 4) is 0 Å². The minimum atomic E-state index is 0.747. The van der Waals surface area contributed by atoms with Gasteiger partial charge in [0.15, 0.2) is 0 Å². The van der Waals surface area contributed by atoms with Gasteiger partial charge < -0.3 is 5.43 Å². The van der Waals surface area contributed by atoms with Crippen molar-refractivity contribution in [2.24, 2.45) is 5.84 Å². The second-order valence-corrected chi connectivity index (χ2v) is 3.51. The second-order valence-electron chi connectivity index (χ2n) is 2.60. The molecule has 0 atom stereocenters. The van der Waals surface area contributed by atoms with Crippen molar-refractivity contribution in [1.82, 2.24) is 4.98 Å². The average Bonchev–Trinajstić information content (AvgIpc) is 2.54. The lowest BCUT2D eigenvalue weighted by molar-refractivity contribution is 1.23. The predicted octanol–water partition coefficient (Wildman–Crippen LogP) is 1.89. The van der Waals surface area contributed by atoms with E-state index < -0.39 is 0 Å². The number of nitrogens with one attached hydrogen (secondary N) is 1. The zero-order valence-electron chi connectivity index (χ0n) is 6.66. The lowest BCUT2D eigenvalue weighted by Gasteiger charge is -2.01. The average molecular weight is 179 g/mol. The third-order valence-corrected chi connectivity index (χ3v) is 2.85. The van der Waals surface area contributed by atoms with Crippen LogP contribution in [0.5, 0.6) is 0 Å². The van der Waals surface area contributed by atoms with Gasteiger partial charge in [0.25, 0.3) is 0 Å². The molecule has 0 aliphatic carbocycles. The van der Waals surface area contributed by atoms with Crippen molar-refractivity contribution in [3.05, 3.63) is 23.2 Å². The van der Waals surface area contributed by atoms with E-state index in [1.165, 1.54) is 10.3 Å². The summed E-state index contributed by atoms with van der Waals surface area (Å²) in [6, 6.07) is 2.02. The van der Waals surface area contributed by atoms with E-state index in [1.807, 2.05) is 24.6 Å². The van der Waals surface area contributed by atoms with Gasteiger partial charge in [-0.1, -0.05) is 0 Å². The molecule has 0 bridgehead atoms. The maximum Gasteiger partial charge on any atom is 0.148 e. The normalized spacial score (nSPS) is 10.5. The highest BCUT2D eigenvalue weighted by molar-refractivity contribution is 7.17. The lowest BCUT2D eigenvalue weighted by Crippen LogP contribution is -2.08. The summed E-state index contributed by atoms with van der Waals surface area (Å²) >= 11 is 1.71. The Bertz CT molecular complexity index is 408. The van der Waals surface area contributed by atoms with Crippen LogP contribution < -0.4 is 11.3 Å². The molecule has 3 nitrogen and oxygen atoms in total. The molecule has 0 saturated heterocycles. The molecule has 0 saturated carbocycles. The second kappa shape index (κ2) is 2.73. The fourth-order valence-corrected chi connectivity index (χ4v) is 2.08. The summed E-state index contributed by atoms with van der Waals surface area (Å²) in [5.74, 6) is 6.06. The number of hydrogen-bond donors (Lipinski definition) is 2. The SMILES string of the molecule is Cc1cnc(NN)c2ccsc12. The zero-order chi connectivity index (χ0) is 8.55. The predicted molar refractivity (Wildman–Crippen MR) is 52.2 cm³/mol. The molecule has 2 rings (SSSR count). The molecule has 4 heteroatoms. The molecule has 0 unspecified atom stereocenters. The lowest BCUT2D eigenvalue weighted by atomic mass is 10.2. The van der Waals surface area contributed by atoms with Gasteiger partial charge in [0.2, 0.25) is 0 Å². The molecule has 62 valence electrons. The number of aryl methyl sites for hydroxylation is 1. The first-order valence-electron chi connectivity index (χ1n) is 3.62. The number of fused-ring (bicyclic) bond motifs is 1. The molecular formula is C8H9N3S. The minimum absolute atomic E-state index is 0.747. The molecule has 0 spiro atoms. The Balaban J connectivity index is 2.82. The van der Waals surface area contributed by atoms with Crippen LogP contribution in [0.3, 0.4) is 0 Å². The number of rotatable bonds is 1. The highest BCUT2D eigenvalue weighted by Crippen LogP contribution is 2.28. The van der Waals surface area contributed by atoms with Gasteiger partial charge in [0, 0.05) is 16.3 Å². The van der Waals surface area contributed by atoms with Gasteiger partial charge >= 0.3 is 0 Å². The molecule has 0 amide bonds. The Morgan fingerprint density at radius 1 is 1.58 bits per heavy atom. The number of hydrogen-bond acceptors (Lipinski definition) is 4. The van der Waals surface area contributed by atoms with Gasteiger partial charge in [-0.2, -0.15) is 0 Å². The first kappa shape index (κ1) is 7.52. The van der Waals surface area contributed by atoms with Gasteiger partial charge in [-0.3, -0.25) is 0 Å². The zero-order valence-corrected chi connectivity index (χ0v) is 7.48. The molecule has 0 fully saturated rings. The van der Waals surface area contributed by atoms with Crippen LogP contribution in [-0.2, 0) is 0 Å². The van der Waals surface area contributed by atoms with Crippen molar-refractivity contribution in [2.45, 2.75) is 6.92 Å². The summed E-state index contributed by atoms with van der Waals surface area (Å²) in [6.07, 6.45) is 1.83. The van der Waals surface area contributed by atoms with Crippen LogP contribution >= 0.6 is 11.3 Å². The highest BCUT2D eigenvalue weighted by atomic mass is 32.1. The van der Waals surface area contributed by atoms with Crippen molar-refractivity contribution >= 4 is 27.2 Å². The maximum absolute atomic E-state index is 5.32. The summed E-state index contributed by atoms with van der Waals surface area (Å²) in [5.41, 5.74) is 3.77. The van der Waals surface area contributed by atoms with Gasteiger partial charge in [-0.25, -0.2) is 10.8 Å². The van der Waals surface area contributed by atoms with Crippen LogP contribution in [0.1, 0.15) is 5.56 Å². The number of hydrazine groups is 1. The highest BCUT2D eigenvalue weighted by Gasteiger charge is 2.03. The molecule has 0 aromatic carbocycles. The third-order valence-electron chi connectivity index (χ3n) is 1.80. The molecule has 0 radical (unpaired) electrons. The fourth-order valence-electron chi connectivity index (χ4n) is 1.21. The van der Waals surface area contributed by atoms with E-state index in [-0.39, 0.29) is 0 Å². The molecular weight excluding hydrogens is 170 g/mol. The van der Waals surface area contributed by atoms with E-state index >= 15 is 0 Å². The van der Waals surface area contributed by atoms with Crippen molar-refractivity contribution in [2.75, 3.05) is 5.43 Å². The molecule has 0 aliphatic heterocycles. The number of nitrogen functional groups attached to an aromatic ring is 1.